The Morgan fingerprint density at radius 3 is 2.83 bits per heavy atom. The van der Waals surface area contributed by atoms with Gasteiger partial charge >= 0.3 is 0 Å². The highest BCUT2D eigenvalue weighted by molar-refractivity contribution is 5.77. The van der Waals surface area contributed by atoms with E-state index in [1.165, 1.54) is 6.39 Å². The van der Waals surface area contributed by atoms with Gasteiger partial charge in [0.1, 0.15) is 6.61 Å². The number of carbonyl (C=O) groups excluding carboxylic acids is 1. The van der Waals surface area contributed by atoms with E-state index in [0.29, 0.717) is 18.9 Å². The summed E-state index contributed by atoms with van der Waals surface area (Å²) < 4.78 is 10.2. The molecule has 124 valence electrons. The van der Waals surface area contributed by atoms with E-state index in [9.17, 15) is 4.79 Å². The molecule has 0 radical (unpaired) electrons. The number of unbranched alkanes of at least 4 members (excludes halogenated alkanes) is 2. The number of amides is 1. The van der Waals surface area contributed by atoms with Gasteiger partial charge in [0.2, 0.25) is 12.3 Å². The summed E-state index contributed by atoms with van der Waals surface area (Å²) in [6, 6.07) is 9.54. The Balaban J connectivity index is 1.86. The fourth-order valence-corrected chi connectivity index (χ4v) is 2.24. The number of aromatic nitrogens is 2. The van der Waals surface area contributed by atoms with E-state index < -0.39 is 0 Å². The molecule has 0 saturated carbocycles. The SMILES string of the molecule is CCCCCOCC(=O)NC(Cc1ccccc1)c1ncon1. The maximum absolute atomic E-state index is 12.0. The van der Waals surface area contributed by atoms with Crippen LogP contribution in [0.3, 0.4) is 0 Å². The highest BCUT2D eigenvalue weighted by Crippen LogP contribution is 2.14. The zero-order valence-electron chi connectivity index (χ0n) is 13.4. The van der Waals surface area contributed by atoms with Crippen LogP contribution in [0.25, 0.3) is 0 Å². The molecule has 0 saturated heterocycles. The van der Waals surface area contributed by atoms with E-state index >= 15 is 0 Å². The second-order valence-corrected chi connectivity index (χ2v) is 5.36. The van der Waals surface area contributed by atoms with E-state index in [2.05, 4.69) is 22.4 Å². The van der Waals surface area contributed by atoms with Crippen molar-refractivity contribution in [3.05, 3.63) is 48.1 Å². The van der Waals surface area contributed by atoms with Crippen molar-refractivity contribution in [3.8, 4) is 0 Å². The highest BCUT2D eigenvalue weighted by Gasteiger charge is 2.19. The number of carbonyl (C=O) groups is 1. The predicted octanol–water partition coefficient (Wildman–Crippen LogP) is 2.68. The van der Waals surface area contributed by atoms with Gasteiger partial charge in [-0.15, -0.1) is 0 Å². The van der Waals surface area contributed by atoms with Crippen molar-refractivity contribution in [2.24, 2.45) is 0 Å². The van der Waals surface area contributed by atoms with Crippen molar-refractivity contribution >= 4 is 5.91 Å². The van der Waals surface area contributed by atoms with Gasteiger partial charge in [0.05, 0.1) is 6.04 Å². The zero-order chi connectivity index (χ0) is 16.3. The summed E-state index contributed by atoms with van der Waals surface area (Å²) in [6.07, 6.45) is 5.08. The first kappa shape index (κ1) is 17.1. The Kier molecular flexibility index (Phi) is 7.26. The van der Waals surface area contributed by atoms with Gasteiger partial charge in [0.15, 0.2) is 5.82 Å². The number of hydrogen-bond donors (Lipinski definition) is 1. The van der Waals surface area contributed by atoms with Gasteiger partial charge in [-0.25, -0.2) is 0 Å². The quantitative estimate of drug-likeness (QED) is 0.682. The first-order valence-corrected chi connectivity index (χ1v) is 7.97. The summed E-state index contributed by atoms with van der Waals surface area (Å²) in [7, 11) is 0. The summed E-state index contributed by atoms with van der Waals surface area (Å²) >= 11 is 0. The fourth-order valence-electron chi connectivity index (χ4n) is 2.24. The molecule has 23 heavy (non-hydrogen) atoms. The molecule has 1 atom stereocenters. The minimum atomic E-state index is -0.331. The fraction of sp³-hybridized carbons (Fsp3) is 0.471. The molecule has 2 aromatic rings. The molecule has 0 spiro atoms. The number of nitrogens with zero attached hydrogens (tertiary/aromatic N) is 2. The molecule has 1 aromatic carbocycles. The Bertz CT molecular complexity index is 558. The third kappa shape index (κ3) is 6.20. The van der Waals surface area contributed by atoms with E-state index in [4.69, 9.17) is 9.26 Å². The van der Waals surface area contributed by atoms with Crippen LogP contribution >= 0.6 is 0 Å². The summed E-state index contributed by atoms with van der Waals surface area (Å²) in [5.74, 6) is 0.292. The minimum absolute atomic E-state index is 0.0485. The second kappa shape index (κ2) is 9.74. The van der Waals surface area contributed by atoms with Crippen LogP contribution in [0.15, 0.2) is 41.2 Å². The molecular weight excluding hydrogens is 294 g/mol. The first-order chi connectivity index (χ1) is 11.3. The lowest BCUT2D eigenvalue weighted by molar-refractivity contribution is -0.126. The number of nitrogens with one attached hydrogen (secondary N) is 1. The van der Waals surface area contributed by atoms with E-state index in [0.717, 1.165) is 24.8 Å². The Morgan fingerprint density at radius 2 is 2.13 bits per heavy atom. The average Bonchev–Trinajstić information content (AvgIpc) is 3.09. The number of ether oxygens (including phenoxy) is 1. The van der Waals surface area contributed by atoms with Crippen LogP contribution in [0, 0.1) is 0 Å². The third-order valence-electron chi connectivity index (χ3n) is 3.43. The maximum Gasteiger partial charge on any atom is 0.246 e. The first-order valence-electron chi connectivity index (χ1n) is 7.97. The number of benzene rings is 1. The maximum atomic E-state index is 12.0. The van der Waals surface area contributed by atoms with Crippen LogP contribution in [0.4, 0.5) is 0 Å². The lowest BCUT2D eigenvalue weighted by atomic mass is 10.1. The molecule has 0 bridgehead atoms. The van der Waals surface area contributed by atoms with Gasteiger partial charge < -0.3 is 14.6 Å². The van der Waals surface area contributed by atoms with Crippen LogP contribution in [-0.2, 0) is 16.0 Å². The predicted molar refractivity (Wildman–Crippen MR) is 85.7 cm³/mol. The summed E-state index contributed by atoms with van der Waals surface area (Å²) in [6.45, 7) is 2.78. The zero-order valence-corrected chi connectivity index (χ0v) is 13.4. The number of hydrogen-bond acceptors (Lipinski definition) is 5. The van der Waals surface area contributed by atoms with Crippen LogP contribution in [0.2, 0.25) is 0 Å². The topological polar surface area (TPSA) is 77.2 Å². The molecule has 2 rings (SSSR count). The summed E-state index contributed by atoms with van der Waals surface area (Å²) in [5.41, 5.74) is 1.09. The minimum Gasteiger partial charge on any atom is -0.372 e. The van der Waals surface area contributed by atoms with Crippen LogP contribution in [0.1, 0.15) is 43.6 Å². The van der Waals surface area contributed by atoms with Crippen molar-refractivity contribution in [2.45, 2.75) is 38.6 Å². The molecule has 1 amide bonds. The summed E-state index contributed by atoms with van der Waals surface area (Å²) in [5, 5.41) is 6.75. The molecule has 0 fully saturated rings. The monoisotopic (exact) mass is 317 g/mol. The van der Waals surface area contributed by atoms with Gasteiger partial charge in [-0.05, 0) is 12.0 Å². The van der Waals surface area contributed by atoms with Crippen molar-refractivity contribution in [2.75, 3.05) is 13.2 Å². The van der Waals surface area contributed by atoms with Gasteiger partial charge in [-0.1, -0.05) is 55.3 Å². The lowest BCUT2D eigenvalue weighted by Gasteiger charge is -2.15. The van der Waals surface area contributed by atoms with Gasteiger partial charge in [-0.3, -0.25) is 4.79 Å². The molecule has 1 heterocycles. The summed E-state index contributed by atoms with van der Waals surface area (Å²) in [4.78, 5) is 16.1. The number of rotatable bonds is 10. The normalized spacial score (nSPS) is 12.0. The van der Waals surface area contributed by atoms with Crippen molar-refractivity contribution in [1.29, 1.82) is 0 Å². The third-order valence-corrected chi connectivity index (χ3v) is 3.43. The van der Waals surface area contributed by atoms with Gasteiger partial charge in [0.25, 0.3) is 0 Å². The van der Waals surface area contributed by atoms with Crippen molar-refractivity contribution < 1.29 is 14.1 Å². The molecule has 6 nitrogen and oxygen atoms in total. The molecule has 1 unspecified atom stereocenters. The van der Waals surface area contributed by atoms with E-state index in [1.807, 2.05) is 30.3 Å². The van der Waals surface area contributed by atoms with Crippen LogP contribution in [0.5, 0.6) is 0 Å². The van der Waals surface area contributed by atoms with Gasteiger partial charge in [-0.2, -0.15) is 4.98 Å². The van der Waals surface area contributed by atoms with Crippen LogP contribution in [-0.4, -0.2) is 29.3 Å². The Hall–Kier alpha value is -2.21. The molecular formula is C17H23N3O3. The molecule has 6 heteroatoms. The molecule has 0 aliphatic rings. The van der Waals surface area contributed by atoms with Gasteiger partial charge in [0, 0.05) is 13.0 Å². The van der Waals surface area contributed by atoms with Crippen LogP contribution < -0.4 is 5.32 Å². The second-order valence-electron chi connectivity index (χ2n) is 5.36. The molecule has 1 N–H and O–H groups in total. The van der Waals surface area contributed by atoms with Crippen molar-refractivity contribution in [3.63, 3.8) is 0 Å². The van der Waals surface area contributed by atoms with Crippen molar-refractivity contribution in [1.82, 2.24) is 15.5 Å². The lowest BCUT2D eigenvalue weighted by Crippen LogP contribution is -2.33. The smallest absolute Gasteiger partial charge is 0.246 e. The molecule has 0 aliphatic carbocycles. The average molecular weight is 317 g/mol. The standard InChI is InChI=1S/C17H23N3O3/c1-2-3-7-10-22-12-16(21)19-15(17-18-13-23-20-17)11-14-8-5-4-6-9-14/h4-6,8-9,13,15H,2-3,7,10-12H2,1H3,(H,19,21). The molecule has 1 aromatic heterocycles. The van der Waals surface area contributed by atoms with E-state index in [-0.39, 0.29) is 18.6 Å². The molecule has 0 aliphatic heterocycles. The largest absolute Gasteiger partial charge is 0.372 e. The highest BCUT2D eigenvalue weighted by atomic mass is 16.5. The Morgan fingerprint density at radius 1 is 1.30 bits per heavy atom. The van der Waals surface area contributed by atoms with E-state index in [1.54, 1.807) is 0 Å². The Labute approximate surface area is 136 Å².